The lowest BCUT2D eigenvalue weighted by atomic mass is 10.0. The molecule has 0 saturated carbocycles. The molecule has 170 valence electrons. The van der Waals surface area contributed by atoms with Gasteiger partial charge in [0, 0.05) is 22.2 Å². The molecular weight excluding hydrogens is 406 g/mol. The maximum atomic E-state index is 12.4. The molecule has 0 aliphatic heterocycles. The van der Waals surface area contributed by atoms with Gasteiger partial charge in [0.25, 0.3) is 0 Å². The average Bonchev–Trinajstić information content (AvgIpc) is 3.17. The monoisotopic (exact) mass is 443 g/mol. The molecule has 0 fully saturated rings. The molecule has 0 bridgehead atoms. The van der Waals surface area contributed by atoms with E-state index in [-0.39, 0.29) is 18.2 Å². The first-order valence-electron chi connectivity index (χ1n) is 11.6. The molecule has 1 atom stereocenters. The van der Waals surface area contributed by atoms with Gasteiger partial charge in [0.15, 0.2) is 0 Å². The zero-order chi connectivity index (χ0) is 22.6. The Hall–Kier alpha value is -2.14. The Labute approximate surface area is 191 Å². The molecule has 0 saturated heterocycles. The van der Waals surface area contributed by atoms with Gasteiger partial charge in [-0.1, -0.05) is 71.1 Å². The summed E-state index contributed by atoms with van der Waals surface area (Å²) < 4.78 is 0. The minimum absolute atomic E-state index is 0.0466. The number of hydrogen-bond donors (Lipinski definition) is 2. The number of thiophene rings is 1. The predicted octanol–water partition coefficient (Wildman–Crippen LogP) is 6.61. The summed E-state index contributed by atoms with van der Waals surface area (Å²) in [6, 6.07) is 10.5. The van der Waals surface area contributed by atoms with Crippen LogP contribution in [0.15, 0.2) is 30.3 Å². The summed E-state index contributed by atoms with van der Waals surface area (Å²) in [6.07, 6.45) is 8.47. The van der Waals surface area contributed by atoms with E-state index in [0.29, 0.717) is 13.0 Å². The molecule has 31 heavy (non-hydrogen) atoms. The smallest absolute Gasteiger partial charge is 0.303 e. The second kappa shape index (κ2) is 13.3. The Morgan fingerprint density at radius 2 is 1.87 bits per heavy atom. The van der Waals surface area contributed by atoms with E-state index in [1.54, 1.807) is 11.3 Å². The molecule has 0 aliphatic carbocycles. The molecule has 5 heteroatoms. The SMILES string of the molecule is CCCCCCC(C)C(=O)NCc1cccc(-c2sc(CCC(=O)O)cc2CCC)c1. The van der Waals surface area contributed by atoms with Gasteiger partial charge in [-0.15, -0.1) is 11.3 Å². The molecular formula is C26H37NO3S. The first-order valence-corrected chi connectivity index (χ1v) is 12.5. The summed E-state index contributed by atoms with van der Waals surface area (Å²) in [5, 5.41) is 12.1. The van der Waals surface area contributed by atoms with Crippen LogP contribution in [0.5, 0.6) is 0 Å². The molecule has 2 rings (SSSR count). The van der Waals surface area contributed by atoms with E-state index in [1.165, 1.54) is 29.7 Å². The fourth-order valence-electron chi connectivity index (χ4n) is 3.73. The summed E-state index contributed by atoms with van der Waals surface area (Å²) >= 11 is 1.69. The summed E-state index contributed by atoms with van der Waals surface area (Å²) in [5.74, 6) is -0.588. The van der Waals surface area contributed by atoms with E-state index < -0.39 is 5.97 Å². The number of carboxylic acids is 1. The van der Waals surface area contributed by atoms with Crippen LogP contribution in [0, 0.1) is 5.92 Å². The second-order valence-corrected chi connectivity index (χ2v) is 9.52. The van der Waals surface area contributed by atoms with Crippen LogP contribution in [0.3, 0.4) is 0 Å². The van der Waals surface area contributed by atoms with Crippen LogP contribution in [0.4, 0.5) is 0 Å². The van der Waals surface area contributed by atoms with Crippen LogP contribution in [0.1, 0.15) is 81.7 Å². The number of amides is 1. The van der Waals surface area contributed by atoms with Crippen LogP contribution >= 0.6 is 11.3 Å². The van der Waals surface area contributed by atoms with Crippen LogP contribution in [-0.2, 0) is 29.0 Å². The number of carboxylic acid groups (broad SMARTS) is 1. The third-order valence-electron chi connectivity index (χ3n) is 5.56. The van der Waals surface area contributed by atoms with Gasteiger partial charge in [0.1, 0.15) is 0 Å². The van der Waals surface area contributed by atoms with E-state index in [9.17, 15) is 9.59 Å². The third-order valence-corrected chi connectivity index (χ3v) is 6.84. The molecule has 2 N–H and O–H groups in total. The molecule has 0 aliphatic rings. The third kappa shape index (κ3) is 8.48. The van der Waals surface area contributed by atoms with Gasteiger partial charge in [-0.25, -0.2) is 0 Å². The second-order valence-electron chi connectivity index (χ2n) is 8.38. The van der Waals surface area contributed by atoms with Crippen molar-refractivity contribution in [1.82, 2.24) is 5.32 Å². The highest BCUT2D eigenvalue weighted by Crippen LogP contribution is 2.35. The topological polar surface area (TPSA) is 66.4 Å². The van der Waals surface area contributed by atoms with Crippen LogP contribution < -0.4 is 5.32 Å². The van der Waals surface area contributed by atoms with E-state index in [0.717, 1.165) is 41.7 Å². The van der Waals surface area contributed by atoms with Crippen molar-refractivity contribution in [3.05, 3.63) is 46.3 Å². The van der Waals surface area contributed by atoms with Crippen molar-refractivity contribution in [1.29, 1.82) is 0 Å². The standard InChI is InChI=1S/C26H37NO3S/c1-4-6-7-8-11-19(3)26(30)27-18-20-12-9-13-22(16-20)25-21(10-5-2)17-23(31-25)14-15-24(28)29/h9,12-13,16-17,19H,4-8,10-11,14-15,18H2,1-3H3,(H,27,30)(H,28,29). The van der Waals surface area contributed by atoms with Gasteiger partial charge in [-0.2, -0.15) is 0 Å². The normalized spacial score (nSPS) is 12.0. The summed E-state index contributed by atoms with van der Waals surface area (Å²) in [6.45, 7) is 6.90. The fraction of sp³-hybridized carbons (Fsp3) is 0.538. The number of benzene rings is 1. The summed E-state index contributed by atoms with van der Waals surface area (Å²) in [7, 11) is 0. The Balaban J connectivity index is 2.02. The lowest BCUT2D eigenvalue weighted by molar-refractivity contribution is -0.137. The molecule has 1 unspecified atom stereocenters. The van der Waals surface area contributed by atoms with E-state index in [1.807, 2.05) is 19.1 Å². The molecule has 2 aromatic rings. The molecule has 1 amide bonds. The number of carbonyl (C=O) groups is 2. The van der Waals surface area contributed by atoms with E-state index in [4.69, 9.17) is 5.11 Å². The highest BCUT2D eigenvalue weighted by molar-refractivity contribution is 7.15. The molecule has 1 aromatic heterocycles. The zero-order valence-corrected chi connectivity index (χ0v) is 20.0. The lowest BCUT2D eigenvalue weighted by Crippen LogP contribution is -2.28. The van der Waals surface area contributed by atoms with Crippen molar-refractivity contribution >= 4 is 23.2 Å². The Morgan fingerprint density at radius 3 is 2.58 bits per heavy atom. The van der Waals surface area contributed by atoms with E-state index in [2.05, 4.69) is 37.4 Å². The largest absolute Gasteiger partial charge is 0.481 e. The van der Waals surface area contributed by atoms with Crippen molar-refractivity contribution < 1.29 is 14.7 Å². The Bertz CT molecular complexity index is 843. The van der Waals surface area contributed by atoms with Crippen molar-refractivity contribution in [3.63, 3.8) is 0 Å². The van der Waals surface area contributed by atoms with Gasteiger partial charge in [0.2, 0.25) is 5.91 Å². The highest BCUT2D eigenvalue weighted by Gasteiger charge is 2.14. The molecule has 4 nitrogen and oxygen atoms in total. The number of carbonyl (C=O) groups excluding carboxylic acids is 1. The van der Waals surface area contributed by atoms with Gasteiger partial charge < -0.3 is 10.4 Å². The lowest BCUT2D eigenvalue weighted by Gasteiger charge is -2.13. The maximum absolute atomic E-state index is 12.4. The summed E-state index contributed by atoms with van der Waals surface area (Å²) in [5.41, 5.74) is 3.52. The predicted molar refractivity (Wildman–Crippen MR) is 129 cm³/mol. The molecule has 0 spiro atoms. The number of unbranched alkanes of at least 4 members (excludes halogenated alkanes) is 3. The van der Waals surface area contributed by atoms with E-state index >= 15 is 0 Å². The van der Waals surface area contributed by atoms with Gasteiger partial charge >= 0.3 is 5.97 Å². The van der Waals surface area contributed by atoms with Gasteiger partial charge in [0.05, 0.1) is 6.42 Å². The molecule has 0 radical (unpaired) electrons. The minimum Gasteiger partial charge on any atom is -0.481 e. The van der Waals surface area contributed by atoms with Crippen molar-refractivity contribution in [2.45, 2.75) is 85.1 Å². The van der Waals surface area contributed by atoms with Crippen molar-refractivity contribution in [2.24, 2.45) is 5.92 Å². The van der Waals surface area contributed by atoms with Gasteiger partial charge in [-0.05, 0) is 48.1 Å². The van der Waals surface area contributed by atoms with Crippen molar-refractivity contribution in [3.8, 4) is 10.4 Å². The van der Waals surface area contributed by atoms with Gasteiger partial charge in [-0.3, -0.25) is 9.59 Å². The van der Waals surface area contributed by atoms with Crippen LogP contribution in [0.2, 0.25) is 0 Å². The van der Waals surface area contributed by atoms with Crippen LogP contribution in [0.25, 0.3) is 10.4 Å². The first kappa shape index (κ1) is 25.1. The highest BCUT2D eigenvalue weighted by atomic mass is 32.1. The Kier molecular flexibility index (Phi) is 10.8. The molecule has 1 heterocycles. The van der Waals surface area contributed by atoms with Crippen molar-refractivity contribution in [2.75, 3.05) is 0 Å². The number of nitrogens with one attached hydrogen (secondary N) is 1. The number of aryl methyl sites for hydroxylation is 2. The quantitative estimate of drug-likeness (QED) is 0.323. The first-order chi connectivity index (χ1) is 14.9. The number of hydrogen-bond acceptors (Lipinski definition) is 3. The minimum atomic E-state index is -0.760. The average molecular weight is 444 g/mol. The number of aliphatic carboxylic acids is 1. The summed E-state index contributed by atoms with van der Waals surface area (Å²) in [4.78, 5) is 25.7. The molecule has 1 aromatic carbocycles. The van der Waals surface area contributed by atoms with Crippen LogP contribution in [-0.4, -0.2) is 17.0 Å². The fourth-order valence-corrected chi connectivity index (χ4v) is 4.94. The number of rotatable bonds is 14. The maximum Gasteiger partial charge on any atom is 0.303 e. The Morgan fingerprint density at radius 1 is 1.06 bits per heavy atom. The zero-order valence-electron chi connectivity index (χ0n) is 19.2.